The van der Waals surface area contributed by atoms with Crippen molar-refractivity contribution in [2.45, 2.75) is 13.0 Å². The number of halogens is 2. The van der Waals surface area contributed by atoms with Crippen LogP contribution in [0.4, 0.5) is 0 Å². The fourth-order valence-corrected chi connectivity index (χ4v) is 2.92. The molecule has 1 aromatic carbocycles. The molecule has 20 heavy (non-hydrogen) atoms. The van der Waals surface area contributed by atoms with Crippen LogP contribution in [0.25, 0.3) is 0 Å². The average molecular weight is 331 g/mol. The molecule has 0 aliphatic rings. The molecule has 2 rings (SSSR count). The zero-order valence-electron chi connectivity index (χ0n) is 10.6. The number of rotatable bonds is 4. The second-order valence-electron chi connectivity index (χ2n) is 4.16. The fraction of sp³-hybridized carbons (Fsp3) is 0.231. The smallest absolute Gasteiger partial charge is 0.263 e. The zero-order valence-corrected chi connectivity index (χ0v) is 12.9. The molecule has 106 valence electrons. The number of nitrogens with zero attached hydrogens (tertiary/aromatic N) is 1. The van der Waals surface area contributed by atoms with Gasteiger partial charge in [0.2, 0.25) is 0 Å². The van der Waals surface area contributed by atoms with E-state index in [1.54, 1.807) is 30.6 Å². The molecule has 0 aliphatic heterocycles. The molecule has 1 unspecified atom stereocenters. The van der Waals surface area contributed by atoms with Crippen molar-refractivity contribution < 1.29 is 9.90 Å². The molecule has 2 aromatic rings. The van der Waals surface area contributed by atoms with Crippen molar-refractivity contribution in [1.29, 1.82) is 0 Å². The predicted molar refractivity (Wildman–Crippen MR) is 80.6 cm³/mol. The molecule has 1 amide bonds. The first-order chi connectivity index (χ1) is 9.49. The highest BCUT2D eigenvalue weighted by Gasteiger charge is 2.16. The van der Waals surface area contributed by atoms with Gasteiger partial charge in [-0.3, -0.25) is 4.79 Å². The molecular formula is C13H12Cl2N2O2S. The van der Waals surface area contributed by atoms with Gasteiger partial charge in [-0.2, -0.15) is 0 Å². The molecule has 1 atom stereocenters. The Balaban J connectivity index is 2.00. The van der Waals surface area contributed by atoms with Crippen molar-refractivity contribution in [3.63, 3.8) is 0 Å². The highest BCUT2D eigenvalue weighted by molar-refractivity contribution is 7.11. The van der Waals surface area contributed by atoms with Gasteiger partial charge in [-0.15, -0.1) is 11.3 Å². The molecule has 1 heterocycles. The van der Waals surface area contributed by atoms with Gasteiger partial charge in [0.05, 0.1) is 17.3 Å². The third-order valence-electron chi connectivity index (χ3n) is 2.73. The highest BCUT2D eigenvalue weighted by Crippen LogP contribution is 2.26. The van der Waals surface area contributed by atoms with E-state index in [9.17, 15) is 9.90 Å². The average Bonchev–Trinajstić information content (AvgIpc) is 2.82. The van der Waals surface area contributed by atoms with Crippen molar-refractivity contribution in [3.05, 3.63) is 49.9 Å². The van der Waals surface area contributed by atoms with Crippen molar-refractivity contribution >= 4 is 40.4 Å². The van der Waals surface area contributed by atoms with Crippen LogP contribution in [0.2, 0.25) is 10.0 Å². The second kappa shape index (κ2) is 6.54. The molecule has 1 aromatic heterocycles. The number of carbonyl (C=O) groups excluding carboxylic acids is 1. The topological polar surface area (TPSA) is 62.2 Å². The Kier molecular flexibility index (Phi) is 4.99. The van der Waals surface area contributed by atoms with Crippen LogP contribution in [0.15, 0.2) is 23.7 Å². The summed E-state index contributed by atoms with van der Waals surface area (Å²) in [5.74, 6) is -0.255. The van der Waals surface area contributed by atoms with E-state index in [4.69, 9.17) is 23.2 Å². The number of aryl methyl sites for hydroxylation is 1. The lowest BCUT2D eigenvalue weighted by atomic mass is 10.1. The first kappa shape index (κ1) is 15.3. The van der Waals surface area contributed by atoms with Crippen LogP contribution in [0.1, 0.15) is 27.0 Å². The van der Waals surface area contributed by atoms with E-state index in [0.717, 1.165) is 0 Å². The van der Waals surface area contributed by atoms with Gasteiger partial charge in [0.25, 0.3) is 5.91 Å². The van der Waals surface area contributed by atoms with Crippen LogP contribution < -0.4 is 5.32 Å². The van der Waals surface area contributed by atoms with Gasteiger partial charge >= 0.3 is 0 Å². The number of carbonyl (C=O) groups is 1. The van der Waals surface area contributed by atoms with E-state index >= 15 is 0 Å². The van der Waals surface area contributed by atoms with Crippen LogP contribution in [-0.4, -0.2) is 22.5 Å². The zero-order chi connectivity index (χ0) is 14.7. The number of nitrogens with one attached hydrogen (secondary N) is 1. The normalized spacial score (nSPS) is 12.2. The van der Waals surface area contributed by atoms with Gasteiger partial charge in [-0.25, -0.2) is 4.98 Å². The number of benzene rings is 1. The van der Waals surface area contributed by atoms with E-state index in [0.29, 0.717) is 26.2 Å². The summed E-state index contributed by atoms with van der Waals surface area (Å²) in [7, 11) is 0. The van der Waals surface area contributed by atoms with Gasteiger partial charge in [0, 0.05) is 22.2 Å². The van der Waals surface area contributed by atoms with Gasteiger partial charge in [-0.1, -0.05) is 29.3 Å². The Morgan fingerprint density at radius 1 is 1.50 bits per heavy atom. The van der Waals surface area contributed by atoms with Crippen molar-refractivity contribution in [1.82, 2.24) is 10.3 Å². The molecule has 0 fully saturated rings. The maximum Gasteiger partial charge on any atom is 0.263 e. The molecule has 0 spiro atoms. The molecule has 0 radical (unpaired) electrons. The number of thiazole rings is 1. The summed E-state index contributed by atoms with van der Waals surface area (Å²) in [6.45, 7) is 1.83. The largest absolute Gasteiger partial charge is 0.387 e. The minimum atomic E-state index is -0.892. The van der Waals surface area contributed by atoms with Crippen LogP contribution in [-0.2, 0) is 0 Å². The first-order valence-electron chi connectivity index (χ1n) is 5.80. The maximum absolute atomic E-state index is 11.9. The molecule has 0 saturated heterocycles. The molecule has 4 nitrogen and oxygen atoms in total. The van der Waals surface area contributed by atoms with Crippen molar-refractivity contribution in [3.8, 4) is 0 Å². The standard InChI is InChI=1S/C13H12Cl2N2O2S/c1-7-12(20-6-17-7)13(19)16-5-11(18)9-3-2-8(14)4-10(9)15/h2-4,6,11,18H,5H2,1H3,(H,16,19). The molecule has 0 saturated carbocycles. The van der Waals surface area contributed by atoms with Gasteiger partial charge in [0.15, 0.2) is 0 Å². The first-order valence-corrected chi connectivity index (χ1v) is 7.44. The Bertz CT molecular complexity index is 631. The number of aromatic nitrogens is 1. The lowest BCUT2D eigenvalue weighted by Gasteiger charge is -2.13. The SMILES string of the molecule is Cc1ncsc1C(=O)NCC(O)c1ccc(Cl)cc1Cl. The summed E-state index contributed by atoms with van der Waals surface area (Å²) in [6, 6.07) is 4.83. The minimum Gasteiger partial charge on any atom is -0.387 e. The second-order valence-corrected chi connectivity index (χ2v) is 5.86. The summed E-state index contributed by atoms with van der Waals surface area (Å²) >= 11 is 13.1. The van der Waals surface area contributed by atoms with E-state index in [-0.39, 0.29) is 12.5 Å². The summed E-state index contributed by atoms with van der Waals surface area (Å²) in [5.41, 5.74) is 2.81. The number of aliphatic hydroxyl groups excluding tert-OH is 1. The van der Waals surface area contributed by atoms with Crippen LogP contribution >= 0.6 is 34.5 Å². The van der Waals surface area contributed by atoms with Crippen LogP contribution in [0, 0.1) is 6.92 Å². The Labute approximate surface area is 130 Å². The molecule has 2 N–H and O–H groups in total. The van der Waals surface area contributed by atoms with Crippen LogP contribution in [0.5, 0.6) is 0 Å². The number of hydrogen-bond acceptors (Lipinski definition) is 4. The third kappa shape index (κ3) is 3.49. The van der Waals surface area contributed by atoms with Crippen molar-refractivity contribution in [2.75, 3.05) is 6.54 Å². The highest BCUT2D eigenvalue weighted by atomic mass is 35.5. The fourth-order valence-electron chi connectivity index (χ4n) is 1.67. The van der Waals surface area contributed by atoms with Gasteiger partial charge < -0.3 is 10.4 Å². The summed E-state index contributed by atoms with van der Waals surface area (Å²) < 4.78 is 0. The quantitative estimate of drug-likeness (QED) is 0.904. The number of aliphatic hydroxyl groups is 1. The summed E-state index contributed by atoms with van der Waals surface area (Å²) in [5, 5.41) is 13.6. The molecule has 0 aliphatic carbocycles. The van der Waals surface area contributed by atoms with E-state index in [1.807, 2.05) is 0 Å². The molecular weight excluding hydrogens is 319 g/mol. The summed E-state index contributed by atoms with van der Waals surface area (Å²) in [4.78, 5) is 16.4. The van der Waals surface area contributed by atoms with E-state index in [2.05, 4.69) is 10.3 Å². The third-order valence-corrected chi connectivity index (χ3v) is 4.22. The van der Waals surface area contributed by atoms with Crippen LogP contribution in [0.3, 0.4) is 0 Å². The lowest BCUT2D eigenvalue weighted by Crippen LogP contribution is -2.28. The Hall–Kier alpha value is -1.14. The van der Waals surface area contributed by atoms with E-state index in [1.165, 1.54) is 11.3 Å². The Morgan fingerprint density at radius 3 is 2.85 bits per heavy atom. The molecule has 0 bridgehead atoms. The van der Waals surface area contributed by atoms with Gasteiger partial charge in [-0.05, 0) is 19.1 Å². The van der Waals surface area contributed by atoms with Crippen molar-refractivity contribution in [2.24, 2.45) is 0 Å². The minimum absolute atomic E-state index is 0.0670. The maximum atomic E-state index is 11.9. The van der Waals surface area contributed by atoms with Gasteiger partial charge in [0.1, 0.15) is 4.88 Å². The Morgan fingerprint density at radius 2 is 2.25 bits per heavy atom. The summed E-state index contributed by atoms with van der Waals surface area (Å²) in [6.07, 6.45) is -0.892. The monoisotopic (exact) mass is 330 g/mol. The lowest BCUT2D eigenvalue weighted by molar-refractivity contribution is 0.0919. The van der Waals surface area contributed by atoms with E-state index < -0.39 is 6.10 Å². The predicted octanol–water partition coefficient (Wildman–Crippen LogP) is 3.22. The molecule has 7 heteroatoms. The number of amides is 1. The number of hydrogen-bond donors (Lipinski definition) is 2.